The summed E-state index contributed by atoms with van der Waals surface area (Å²) in [6.45, 7) is 5.17. The van der Waals surface area contributed by atoms with Gasteiger partial charge < -0.3 is 15.4 Å². The minimum absolute atomic E-state index is 0. The van der Waals surface area contributed by atoms with Gasteiger partial charge in [-0.25, -0.2) is 0 Å². The molecule has 2 aliphatic heterocycles. The van der Waals surface area contributed by atoms with Gasteiger partial charge in [-0.1, -0.05) is 0 Å². The molecule has 2 atom stereocenters. The van der Waals surface area contributed by atoms with Crippen molar-refractivity contribution >= 4 is 29.9 Å². The van der Waals surface area contributed by atoms with Crippen LogP contribution in [0.25, 0.3) is 0 Å². The first-order chi connectivity index (χ1) is 12.2. The molecule has 2 saturated heterocycles. The molecule has 0 spiro atoms. The van der Waals surface area contributed by atoms with E-state index in [-0.39, 0.29) is 24.0 Å². The monoisotopic (exact) mass is 474 g/mol. The topological polar surface area (TPSA) is 71.9 Å². The van der Waals surface area contributed by atoms with Crippen molar-refractivity contribution in [2.45, 2.75) is 37.8 Å². The third kappa shape index (κ3) is 4.33. The number of aromatic nitrogens is 2. The summed E-state index contributed by atoms with van der Waals surface area (Å²) in [5.74, 6) is 1.18. The number of aliphatic imine (C=N–C) groups is 1. The van der Waals surface area contributed by atoms with Gasteiger partial charge in [-0.05, 0) is 44.2 Å². The van der Waals surface area contributed by atoms with Crippen LogP contribution in [0.5, 0.6) is 0 Å². The molecule has 0 unspecified atom stereocenters. The van der Waals surface area contributed by atoms with Gasteiger partial charge in [0.2, 0.25) is 0 Å². The fraction of sp³-hybridized carbons (Fsp3) is 0.778. The molecule has 4 rings (SSSR count). The molecule has 1 aromatic heterocycles. The standard InChI is InChI=1S/C18H30N6O.HI/c1-22-16(6-7-21-22)17-14(3-2-8-24(17)15-4-5-15)13-20-18(19)23-9-11-25-12-10-23;/h6-7,14-15,17H,2-5,8-13H2,1H3,(H2,19,20);1H/t14-,17+;/m0./s1. The van der Waals surface area contributed by atoms with Gasteiger partial charge in [-0.15, -0.1) is 24.0 Å². The Morgan fingerprint density at radius 3 is 2.69 bits per heavy atom. The van der Waals surface area contributed by atoms with E-state index in [0.29, 0.717) is 17.9 Å². The molecule has 3 heterocycles. The van der Waals surface area contributed by atoms with Crippen LogP contribution in [0.2, 0.25) is 0 Å². The summed E-state index contributed by atoms with van der Waals surface area (Å²) in [6.07, 6.45) is 7.04. The van der Waals surface area contributed by atoms with Crippen molar-refractivity contribution in [3.8, 4) is 0 Å². The Morgan fingerprint density at radius 2 is 2.04 bits per heavy atom. The molecular weight excluding hydrogens is 443 g/mol. The maximum Gasteiger partial charge on any atom is 0.191 e. The SMILES string of the molecule is Cn1nccc1[C@H]1[C@H](CN=C(N)N2CCOCC2)CCCN1C1CC1.I. The molecule has 3 aliphatic rings. The van der Waals surface area contributed by atoms with Gasteiger partial charge in [0.15, 0.2) is 5.96 Å². The van der Waals surface area contributed by atoms with Crippen molar-refractivity contribution in [2.75, 3.05) is 39.4 Å². The largest absolute Gasteiger partial charge is 0.378 e. The maximum absolute atomic E-state index is 6.26. The molecule has 7 nitrogen and oxygen atoms in total. The normalized spacial score (nSPS) is 28.0. The molecule has 8 heteroatoms. The smallest absolute Gasteiger partial charge is 0.191 e. The quantitative estimate of drug-likeness (QED) is 0.408. The Hall–Kier alpha value is -0.870. The van der Waals surface area contributed by atoms with Crippen LogP contribution in [0.15, 0.2) is 17.3 Å². The van der Waals surface area contributed by atoms with E-state index < -0.39 is 0 Å². The predicted molar refractivity (Wildman–Crippen MR) is 113 cm³/mol. The summed E-state index contributed by atoms with van der Waals surface area (Å²) in [5.41, 5.74) is 7.57. The lowest BCUT2D eigenvalue weighted by Gasteiger charge is -2.41. The minimum Gasteiger partial charge on any atom is -0.378 e. The second-order valence-corrected chi connectivity index (χ2v) is 7.49. The highest BCUT2D eigenvalue weighted by Crippen LogP contribution is 2.42. The van der Waals surface area contributed by atoms with E-state index in [9.17, 15) is 0 Å². The van der Waals surface area contributed by atoms with Gasteiger partial charge >= 0.3 is 0 Å². The molecule has 0 bridgehead atoms. The first-order valence-electron chi connectivity index (χ1n) is 9.60. The molecule has 1 aromatic rings. The van der Waals surface area contributed by atoms with Crippen LogP contribution < -0.4 is 5.73 Å². The highest BCUT2D eigenvalue weighted by Gasteiger charge is 2.41. The third-order valence-electron chi connectivity index (χ3n) is 5.80. The first kappa shape index (κ1) is 19.9. The van der Waals surface area contributed by atoms with E-state index in [2.05, 4.69) is 28.0 Å². The van der Waals surface area contributed by atoms with E-state index in [1.807, 2.05) is 10.9 Å². The third-order valence-corrected chi connectivity index (χ3v) is 5.80. The van der Waals surface area contributed by atoms with E-state index in [1.54, 1.807) is 0 Å². The Labute approximate surface area is 173 Å². The fourth-order valence-electron chi connectivity index (χ4n) is 4.30. The number of likely N-dealkylation sites (tertiary alicyclic amines) is 1. The highest BCUT2D eigenvalue weighted by molar-refractivity contribution is 14.0. The van der Waals surface area contributed by atoms with Gasteiger partial charge in [0, 0.05) is 38.9 Å². The molecule has 2 N–H and O–H groups in total. The molecule has 0 amide bonds. The van der Waals surface area contributed by atoms with Crippen molar-refractivity contribution in [2.24, 2.45) is 23.7 Å². The number of piperidine rings is 1. The Kier molecular flexibility index (Phi) is 6.79. The zero-order valence-electron chi connectivity index (χ0n) is 15.6. The summed E-state index contributed by atoms with van der Waals surface area (Å²) < 4.78 is 7.44. The zero-order valence-corrected chi connectivity index (χ0v) is 17.9. The van der Waals surface area contributed by atoms with Gasteiger partial charge in [0.25, 0.3) is 0 Å². The number of guanidine groups is 1. The second-order valence-electron chi connectivity index (χ2n) is 7.49. The van der Waals surface area contributed by atoms with Crippen molar-refractivity contribution in [1.82, 2.24) is 19.6 Å². The number of morpholine rings is 1. The second kappa shape index (κ2) is 8.88. The average molecular weight is 474 g/mol. The van der Waals surface area contributed by atoms with Crippen molar-refractivity contribution in [3.63, 3.8) is 0 Å². The van der Waals surface area contributed by atoms with E-state index in [4.69, 9.17) is 15.5 Å². The Bertz CT molecular complexity index is 611. The highest BCUT2D eigenvalue weighted by atomic mass is 127. The van der Waals surface area contributed by atoms with Crippen LogP contribution in [-0.2, 0) is 11.8 Å². The number of halogens is 1. The van der Waals surface area contributed by atoms with Crippen LogP contribution in [-0.4, -0.2) is 71.0 Å². The Morgan fingerprint density at radius 1 is 1.27 bits per heavy atom. The summed E-state index contributed by atoms with van der Waals surface area (Å²) in [4.78, 5) is 9.63. The van der Waals surface area contributed by atoms with Crippen molar-refractivity contribution in [3.05, 3.63) is 18.0 Å². The summed E-state index contributed by atoms with van der Waals surface area (Å²) in [6, 6.07) is 3.34. The van der Waals surface area contributed by atoms with Crippen molar-refractivity contribution in [1.29, 1.82) is 0 Å². The van der Waals surface area contributed by atoms with Crippen LogP contribution in [0, 0.1) is 5.92 Å². The average Bonchev–Trinajstić information content (AvgIpc) is 3.41. The first-order valence-corrected chi connectivity index (χ1v) is 9.60. The van der Waals surface area contributed by atoms with Gasteiger partial charge in [-0.2, -0.15) is 5.10 Å². The summed E-state index contributed by atoms with van der Waals surface area (Å²) in [7, 11) is 2.05. The van der Waals surface area contributed by atoms with Crippen molar-refractivity contribution < 1.29 is 4.74 Å². The van der Waals surface area contributed by atoms with Gasteiger partial charge in [0.1, 0.15) is 0 Å². The molecule has 26 heavy (non-hydrogen) atoms. The van der Waals surface area contributed by atoms with E-state index in [1.165, 1.54) is 37.9 Å². The maximum atomic E-state index is 6.26. The molecule has 1 aliphatic carbocycles. The minimum atomic E-state index is 0. The number of hydrogen-bond donors (Lipinski definition) is 1. The van der Waals surface area contributed by atoms with Gasteiger partial charge in [0.05, 0.1) is 24.9 Å². The predicted octanol–water partition coefficient (Wildman–Crippen LogP) is 1.60. The molecule has 0 radical (unpaired) electrons. The molecular formula is C18H31IN6O. The van der Waals surface area contributed by atoms with E-state index in [0.717, 1.165) is 38.9 Å². The molecule has 1 saturated carbocycles. The summed E-state index contributed by atoms with van der Waals surface area (Å²) >= 11 is 0. The molecule has 146 valence electrons. The number of nitrogens with two attached hydrogens (primary N) is 1. The summed E-state index contributed by atoms with van der Waals surface area (Å²) in [5, 5.41) is 4.42. The van der Waals surface area contributed by atoms with Gasteiger partial charge in [-0.3, -0.25) is 14.6 Å². The van der Waals surface area contributed by atoms with Crippen LogP contribution in [0.4, 0.5) is 0 Å². The Balaban J connectivity index is 0.00000196. The van der Waals surface area contributed by atoms with Crippen LogP contribution in [0.1, 0.15) is 37.4 Å². The number of ether oxygens (including phenoxy) is 1. The zero-order chi connectivity index (χ0) is 17.2. The number of nitrogens with zero attached hydrogens (tertiary/aromatic N) is 5. The lowest BCUT2D eigenvalue weighted by molar-refractivity contribution is 0.0665. The van der Waals surface area contributed by atoms with E-state index >= 15 is 0 Å². The molecule has 0 aromatic carbocycles. The number of aryl methyl sites for hydroxylation is 1. The lowest BCUT2D eigenvalue weighted by Crippen LogP contribution is -2.46. The number of rotatable bonds is 4. The fourth-order valence-corrected chi connectivity index (χ4v) is 4.30. The molecule has 3 fully saturated rings. The van der Waals surface area contributed by atoms with Crippen LogP contribution in [0.3, 0.4) is 0 Å². The lowest BCUT2D eigenvalue weighted by atomic mass is 9.86. The van der Waals surface area contributed by atoms with Crippen LogP contribution >= 0.6 is 24.0 Å². The number of hydrogen-bond acceptors (Lipinski definition) is 4.